The molecule has 0 spiro atoms. The second kappa shape index (κ2) is 9.45. The molecule has 2 N–H and O–H groups in total. The van der Waals surface area contributed by atoms with Gasteiger partial charge in [0.15, 0.2) is 0 Å². The molecule has 7 heteroatoms. The van der Waals surface area contributed by atoms with Crippen LogP contribution < -0.4 is 5.32 Å². The van der Waals surface area contributed by atoms with E-state index in [0.29, 0.717) is 18.3 Å². The van der Waals surface area contributed by atoms with Crippen molar-refractivity contribution in [2.45, 2.75) is 52.6 Å². The fourth-order valence-corrected chi connectivity index (χ4v) is 4.60. The van der Waals surface area contributed by atoms with Gasteiger partial charge in [-0.15, -0.1) is 11.6 Å². The Kier molecular flexibility index (Phi) is 6.68. The number of aromatic nitrogens is 3. The van der Waals surface area contributed by atoms with Crippen LogP contribution in [-0.2, 0) is 6.54 Å². The molecule has 1 aliphatic rings. The number of likely N-dealkylation sites (tertiary alicyclic amines) is 1. The van der Waals surface area contributed by atoms with Crippen molar-refractivity contribution in [3.63, 3.8) is 0 Å². The number of benzene rings is 1. The molecule has 0 amide bonds. The van der Waals surface area contributed by atoms with Crippen LogP contribution in [0.25, 0.3) is 11.0 Å². The predicted octanol–water partition coefficient (Wildman–Crippen LogP) is 4.62. The first-order valence-corrected chi connectivity index (χ1v) is 11.7. The number of nitrogens with zero attached hydrogens (tertiary/aromatic N) is 4. The van der Waals surface area contributed by atoms with E-state index in [4.69, 9.17) is 16.6 Å². The van der Waals surface area contributed by atoms with Gasteiger partial charge >= 0.3 is 0 Å². The van der Waals surface area contributed by atoms with Crippen molar-refractivity contribution in [1.82, 2.24) is 19.4 Å². The average molecular weight is 442 g/mol. The molecule has 1 fully saturated rings. The normalized spacial score (nSPS) is 15.6. The number of imidazole rings is 1. The van der Waals surface area contributed by atoms with Gasteiger partial charge in [0.25, 0.3) is 0 Å². The SMILES string of the molecule is Cc1cc(C)c2nc(NC3CCN(CCCCl)CC3)n(Cc3nc(C)ccc3O)c2c1. The van der Waals surface area contributed by atoms with Crippen LogP contribution in [0.5, 0.6) is 5.75 Å². The van der Waals surface area contributed by atoms with E-state index in [1.165, 1.54) is 5.56 Å². The standard InChI is InChI=1S/C24H32ClN5O/c1-16-13-17(2)23-21(14-16)30(15-20-22(31)6-5-18(3)26-20)24(28-23)27-19-7-11-29(12-8-19)10-4-9-25/h5-6,13-14,19,31H,4,7-12,15H2,1-3H3,(H,27,28). The molecule has 4 rings (SSSR count). The van der Waals surface area contributed by atoms with Crippen LogP contribution >= 0.6 is 11.6 Å². The number of rotatable bonds is 7. The minimum Gasteiger partial charge on any atom is -0.506 e. The van der Waals surface area contributed by atoms with Gasteiger partial charge in [0.1, 0.15) is 11.4 Å². The maximum atomic E-state index is 10.4. The van der Waals surface area contributed by atoms with Crippen LogP contribution in [0.15, 0.2) is 24.3 Å². The van der Waals surface area contributed by atoms with Crippen LogP contribution in [0.1, 0.15) is 41.8 Å². The molecule has 1 aromatic carbocycles. The maximum absolute atomic E-state index is 10.4. The molecule has 0 bridgehead atoms. The molecular formula is C24H32ClN5O. The Morgan fingerprint density at radius 2 is 1.90 bits per heavy atom. The summed E-state index contributed by atoms with van der Waals surface area (Å²) >= 11 is 5.85. The number of piperidine rings is 1. The first kappa shape index (κ1) is 21.9. The number of hydrogen-bond acceptors (Lipinski definition) is 5. The highest BCUT2D eigenvalue weighted by Crippen LogP contribution is 2.28. The molecule has 1 aliphatic heterocycles. The third kappa shape index (κ3) is 4.96. The summed E-state index contributed by atoms with van der Waals surface area (Å²) in [5.41, 5.74) is 5.99. The highest BCUT2D eigenvalue weighted by atomic mass is 35.5. The number of aromatic hydroxyl groups is 1. The van der Waals surface area contributed by atoms with E-state index in [1.807, 2.05) is 13.0 Å². The maximum Gasteiger partial charge on any atom is 0.204 e. The largest absolute Gasteiger partial charge is 0.506 e. The molecule has 166 valence electrons. The minimum atomic E-state index is 0.218. The van der Waals surface area contributed by atoms with Crippen LogP contribution in [-0.4, -0.2) is 56.1 Å². The third-order valence-electron chi connectivity index (χ3n) is 6.11. The Morgan fingerprint density at radius 3 is 2.65 bits per heavy atom. The van der Waals surface area contributed by atoms with Gasteiger partial charge in [-0.2, -0.15) is 0 Å². The van der Waals surface area contributed by atoms with E-state index in [0.717, 1.165) is 73.0 Å². The Labute approximate surface area is 189 Å². The minimum absolute atomic E-state index is 0.218. The number of anilines is 1. The van der Waals surface area contributed by atoms with E-state index in [2.05, 4.69) is 45.7 Å². The first-order valence-electron chi connectivity index (χ1n) is 11.1. The number of halogens is 1. The van der Waals surface area contributed by atoms with Gasteiger partial charge in [0, 0.05) is 30.7 Å². The van der Waals surface area contributed by atoms with Gasteiger partial charge in [-0.05, 0) is 75.9 Å². The monoisotopic (exact) mass is 441 g/mol. The third-order valence-corrected chi connectivity index (χ3v) is 6.38. The molecule has 0 aliphatic carbocycles. The van der Waals surface area contributed by atoms with Gasteiger partial charge < -0.3 is 19.9 Å². The van der Waals surface area contributed by atoms with Crippen molar-refractivity contribution < 1.29 is 5.11 Å². The first-order chi connectivity index (χ1) is 14.9. The van der Waals surface area contributed by atoms with Crippen molar-refractivity contribution in [3.05, 3.63) is 46.8 Å². The molecular weight excluding hydrogens is 410 g/mol. The van der Waals surface area contributed by atoms with Crippen LogP contribution in [0.2, 0.25) is 0 Å². The number of nitrogens with one attached hydrogen (secondary N) is 1. The second-order valence-corrected chi connectivity index (χ2v) is 9.07. The number of pyridine rings is 1. The Bertz CT molecular complexity index is 1060. The molecule has 1 saturated heterocycles. The topological polar surface area (TPSA) is 66.2 Å². The number of aryl methyl sites for hydroxylation is 3. The summed E-state index contributed by atoms with van der Waals surface area (Å²) in [6, 6.07) is 8.26. The summed E-state index contributed by atoms with van der Waals surface area (Å²) in [7, 11) is 0. The fourth-order valence-electron chi connectivity index (χ4n) is 4.48. The van der Waals surface area contributed by atoms with Crippen molar-refractivity contribution in [3.8, 4) is 5.75 Å². The lowest BCUT2D eigenvalue weighted by atomic mass is 10.1. The molecule has 0 atom stereocenters. The Morgan fingerprint density at radius 1 is 1.13 bits per heavy atom. The zero-order valence-electron chi connectivity index (χ0n) is 18.7. The molecule has 3 heterocycles. The number of alkyl halides is 1. The highest BCUT2D eigenvalue weighted by molar-refractivity contribution is 6.17. The molecule has 0 radical (unpaired) electrons. The molecule has 2 aromatic heterocycles. The smallest absolute Gasteiger partial charge is 0.204 e. The fraction of sp³-hybridized carbons (Fsp3) is 0.500. The van der Waals surface area contributed by atoms with Crippen molar-refractivity contribution >= 4 is 28.6 Å². The quantitative estimate of drug-likeness (QED) is 0.524. The number of fused-ring (bicyclic) bond motifs is 1. The summed E-state index contributed by atoms with van der Waals surface area (Å²) in [6.07, 6.45) is 3.20. The van der Waals surface area contributed by atoms with Gasteiger partial charge in [0.05, 0.1) is 17.6 Å². The van der Waals surface area contributed by atoms with Crippen LogP contribution in [0, 0.1) is 20.8 Å². The van der Waals surface area contributed by atoms with Gasteiger partial charge in [-0.25, -0.2) is 4.98 Å². The van der Waals surface area contributed by atoms with E-state index < -0.39 is 0 Å². The van der Waals surface area contributed by atoms with Crippen molar-refractivity contribution in [1.29, 1.82) is 0 Å². The van der Waals surface area contributed by atoms with Gasteiger partial charge in [-0.3, -0.25) is 4.98 Å². The Balaban J connectivity index is 1.63. The summed E-state index contributed by atoms with van der Waals surface area (Å²) < 4.78 is 2.16. The van der Waals surface area contributed by atoms with E-state index >= 15 is 0 Å². The zero-order valence-corrected chi connectivity index (χ0v) is 19.4. The van der Waals surface area contributed by atoms with Crippen molar-refractivity contribution in [2.75, 3.05) is 30.8 Å². The zero-order chi connectivity index (χ0) is 22.0. The summed E-state index contributed by atoms with van der Waals surface area (Å²) in [5, 5.41) is 14.1. The second-order valence-electron chi connectivity index (χ2n) is 8.69. The van der Waals surface area contributed by atoms with Crippen LogP contribution in [0.3, 0.4) is 0 Å². The van der Waals surface area contributed by atoms with E-state index in [1.54, 1.807) is 6.07 Å². The highest BCUT2D eigenvalue weighted by Gasteiger charge is 2.22. The summed E-state index contributed by atoms with van der Waals surface area (Å²) in [5.74, 6) is 1.79. The van der Waals surface area contributed by atoms with E-state index in [9.17, 15) is 5.11 Å². The molecule has 0 saturated carbocycles. The number of hydrogen-bond donors (Lipinski definition) is 2. The predicted molar refractivity (Wildman–Crippen MR) is 127 cm³/mol. The summed E-state index contributed by atoms with van der Waals surface area (Å²) in [6.45, 7) is 9.86. The van der Waals surface area contributed by atoms with Gasteiger partial charge in [-0.1, -0.05) is 6.07 Å². The molecule has 6 nitrogen and oxygen atoms in total. The van der Waals surface area contributed by atoms with Gasteiger partial charge in [0.2, 0.25) is 5.95 Å². The van der Waals surface area contributed by atoms with Crippen LogP contribution in [0.4, 0.5) is 5.95 Å². The summed E-state index contributed by atoms with van der Waals surface area (Å²) in [4.78, 5) is 12.0. The molecule has 31 heavy (non-hydrogen) atoms. The molecule has 3 aromatic rings. The molecule has 0 unspecified atom stereocenters. The Hall–Kier alpha value is -2.31. The lowest BCUT2D eigenvalue weighted by molar-refractivity contribution is 0.219. The average Bonchev–Trinajstić information content (AvgIpc) is 3.07. The van der Waals surface area contributed by atoms with Crippen molar-refractivity contribution in [2.24, 2.45) is 0 Å². The lowest BCUT2D eigenvalue weighted by Gasteiger charge is -2.32. The lowest BCUT2D eigenvalue weighted by Crippen LogP contribution is -2.40. The van der Waals surface area contributed by atoms with E-state index in [-0.39, 0.29) is 5.75 Å².